The summed E-state index contributed by atoms with van der Waals surface area (Å²) in [7, 11) is 0. The number of rotatable bonds is 6. The van der Waals surface area contributed by atoms with E-state index in [2.05, 4.69) is 39.8 Å². The van der Waals surface area contributed by atoms with E-state index < -0.39 is 0 Å². The number of aryl methyl sites for hydroxylation is 1. The molecule has 1 aliphatic heterocycles. The van der Waals surface area contributed by atoms with Crippen LogP contribution in [0.4, 0.5) is 5.95 Å². The lowest BCUT2D eigenvalue weighted by Crippen LogP contribution is -2.38. The third-order valence-corrected chi connectivity index (χ3v) is 4.64. The summed E-state index contributed by atoms with van der Waals surface area (Å²) in [6.45, 7) is 8.00. The van der Waals surface area contributed by atoms with Crippen molar-refractivity contribution < 1.29 is 0 Å². The molecule has 1 aliphatic carbocycles. The molecule has 0 radical (unpaired) electrons. The Labute approximate surface area is 122 Å². The van der Waals surface area contributed by atoms with Crippen LogP contribution in [0, 0.1) is 6.92 Å². The molecule has 2 heterocycles. The fraction of sp³-hybridized carbons (Fsp3) is 0.812. The molecule has 1 unspecified atom stereocenters. The fourth-order valence-corrected chi connectivity index (χ4v) is 3.25. The summed E-state index contributed by atoms with van der Waals surface area (Å²) in [6.07, 6.45) is 10.2. The highest BCUT2D eigenvalue weighted by molar-refractivity contribution is 5.30. The van der Waals surface area contributed by atoms with Gasteiger partial charge in [0.1, 0.15) is 0 Å². The summed E-state index contributed by atoms with van der Waals surface area (Å²) in [5.41, 5.74) is 1.13. The summed E-state index contributed by atoms with van der Waals surface area (Å²) in [4.78, 5) is 7.25. The van der Waals surface area contributed by atoms with Gasteiger partial charge in [0.15, 0.2) is 0 Å². The minimum atomic E-state index is 0.709. The maximum atomic E-state index is 4.61. The van der Waals surface area contributed by atoms with Gasteiger partial charge in [-0.1, -0.05) is 6.42 Å². The zero-order valence-corrected chi connectivity index (χ0v) is 12.9. The first kappa shape index (κ1) is 13.9. The first-order chi connectivity index (χ1) is 9.74. The van der Waals surface area contributed by atoms with Crippen LogP contribution in [-0.2, 0) is 0 Å². The first-order valence-corrected chi connectivity index (χ1v) is 8.27. The molecule has 2 fully saturated rings. The standard InChI is InChI=1S/C16H28N4/c1-13-12-20(15-7-8-15)16(18-13)17-9-5-11-19-10-4-3-6-14(19)2/h12,14-15H,3-11H2,1-2H3,(H,17,18). The molecule has 4 heteroatoms. The molecular weight excluding hydrogens is 248 g/mol. The van der Waals surface area contributed by atoms with Crippen LogP contribution in [0.15, 0.2) is 6.20 Å². The van der Waals surface area contributed by atoms with E-state index >= 15 is 0 Å². The van der Waals surface area contributed by atoms with Crippen molar-refractivity contribution >= 4 is 5.95 Å². The van der Waals surface area contributed by atoms with Crippen LogP contribution in [0.1, 0.15) is 57.2 Å². The molecule has 1 aromatic heterocycles. The monoisotopic (exact) mass is 276 g/mol. The quantitative estimate of drug-likeness (QED) is 0.810. The van der Waals surface area contributed by atoms with Crippen molar-refractivity contribution in [2.75, 3.05) is 25.0 Å². The maximum Gasteiger partial charge on any atom is 0.203 e. The second-order valence-electron chi connectivity index (χ2n) is 6.51. The van der Waals surface area contributed by atoms with Crippen molar-refractivity contribution in [3.8, 4) is 0 Å². The normalized spacial score (nSPS) is 24.0. The second kappa shape index (κ2) is 6.17. The predicted octanol–water partition coefficient (Wildman–Crippen LogP) is 3.20. The molecular formula is C16H28N4. The Balaban J connectivity index is 1.43. The summed E-state index contributed by atoms with van der Waals surface area (Å²) < 4.78 is 2.33. The van der Waals surface area contributed by atoms with Crippen LogP contribution in [0.25, 0.3) is 0 Å². The van der Waals surface area contributed by atoms with Crippen molar-refractivity contribution in [2.45, 2.75) is 64.5 Å². The molecule has 1 atom stereocenters. The van der Waals surface area contributed by atoms with Crippen molar-refractivity contribution in [3.05, 3.63) is 11.9 Å². The smallest absolute Gasteiger partial charge is 0.203 e. The number of likely N-dealkylation sites (tertiary alicyclic amines) is 1. The molecule has 3 rings (SSSR count). The van der Waals surface area contributed by atoms with Crippen molar-refractivity contribution in [1.29, 1.82) is 0 Å². The Morgan fingerprint density at radius 2 is 2.15 bits per heavy atom. The molecule has 4 nitrogen and oxygen atoms in total. The highest BCUT2D eigenvalue weighted by Gasteiger charge is 2.26. The number of aromatic nitrogens is 2. The number of hydrogen-bond acceptors (Lipinski definition) is 3. The highest BCUT2D eigenvalue weighted by atomic mass is 15.2. The van der Waals surface area contributed by atoms with Gasteiger partial charge in [-0.25, -0.2) is 4.98 Å². The SMILES string of the molecule is Cc1cn(C2CC2)c(NCCCN2CCCCC2C)n1. The van der Waals surface area contributed by atoms with Crippen molar-refractivity contribution in [3.63, 3.8) is 0 Å². The average molecular weight is 276 g/mol. The molecule has 2 aliphatic rings. The Morgan fingerprint density at radius 3 is 2.90 bits per heavy atom. The number of anilines is 1. The van der Waals surface area contributed by atoms with Crippen LogP contribution in [0.2, 0.25) is 0 Å². The molecule has 0 aromatic carbocycles. The topological polar surface area (TPSA) is 33.1 Å². The van der Waals surface area contributed by atoms with Gasteiger partial charge >= 0.3 is 0 Å². The highest BCUT2D eigenvalue weighted by Crippen LogP contribution is 2.37. The molecule has 112 valence electrons. The summed E-state index contributed by atoms with van der Waals surface area (Å²) in [5, 5.41) is 3.54. The van der Waals surface area contributed by atoms with Crippen LogP contribution in [-0.4, -0.2) is 40.1 Å². The summed E-state index contributed by atoms with van der Waals surface area (Å²) in [6, 6.07) is 1.49. The van der Waals surface area contributed by atoms with E-state index in [1.165, 1.54) is 51.6 Å². The first-order valence-electron chi connectivity index (χ1n) is 8.27. The zero-order valence-electron chi connectivity index (χ0n) is 12.9. The van der Waals surface area contributed by atoms with E-state index in [1.54, 1.807) is 0 Å². The Morgan fingerprint density at radius 1 is 1.30 bits per heavy atom. The minimum Gasteiger partial charge on any atom is -0.356 e. The van der Waals surface area contributed by atoms with Crippen LogP contribution < -0.4 is 5.32 Å². The molecule has 1 saturated carbocycles. The van der Waals surface area contributed by atoms with Gasteiger partial charge in [0.2, 0.25) is 5.95 Å². The molecule has 1 N–H and O–H groups in total. The third kappa shape index (κ3) is 3.35. The third-order valence-electron chi connectivity index (χ3n) is 4.64. The van der Waals surface area contributed by atoms with Gasteiger partial charge in [-0.2, -0.15) is 0 Å². The molecule has 0 bridgehead atoms. The van der Waals surface area contributed by atoms with E-state index in [0.717, 1.165) is 24.2 Å². The van der Waals surface area contributed by atoms with Gasteiger partial charge in [0.05, 0.1) is 5.69 Å². The van der Waals surface area contributed by atoms with Gasteiger partial charge < -0.3 is 14.8 Å². The van der Waals surface area contributed by atoms with Gasteiger partial charge in [-0.05, 0) is 52.5 Å². The Hall–Kier alpha value is -1.03. The Kier molecular flexibility index (Phi) is 4.29. The largest absolute Gasteiger partial charge is 0.356 e. The van der Waals surface area contributed by atoms with Crippen molar-refractivity contribution in [1.82, 2.24) is 14.5 Å². The number of nitrogens with one attached hydrogen (secondary N) is 1. The van der Waals surface area contributed by atoms with E-state index in [1.807, 2.05) is 0 Å². The fourth-order valence-electron chi connectivity index (χ4n) is 3.25. The lowest BCUT2D eigenvalue weighted by molar-refractivity contribution is 0.160. The number of piperidine rings is 1. The number of hydrogen-bond donors (Lipinski definition) is 1. The predicted molar refractivity (Wildman–Crippen MR) is 83.2 cm³/mol. The van der Waals surface area contributed by atoms with Gasteiger partial charge in [0, 0.05) is 31.4 Å². The van der Waals surface area contributed by atoms with Gasteiger partial charge in [-0.15, -0.1) is 0 Å². The molecule has 20 heavy (non-hydrogen) atoms. The molecule has 1 saturated heterocycles. The minimum absolute atomic E-state index is 0.709. The molecule has 0 spiro atoms. The van der Waals surface area contributed by atoms with Gasteiger partial charge in [-0.3, -0.25) is 0 Å². The maximum absolute atomic E-state index is 4.61. The molecule has 0 amide bonds. The van der Waals surface area contributed by atoms with E-state index in [-0.39, 0.29) is 0 Å². The number of imidazole rings is 1. The second-order valence-corrected chi connectivity index (χ2v) is 6.51. The summed E-state index contributed by atoms with van der Waals surface area (Å²) >= 11 is 0. The molecule has 1 aromatic rings. The lowest BCUT2D eigenvalue weighted by Gasteiger charge is -2.33. The van der Waals surface area contributed by atoms with Crippen LogP contribution >= 0.6 is 0 Å². The zero-order chi connectivity index (χ0) is 13.9. The van der Waals surface area contributed by atoms with E-state index in [4.69, 9.17) is 0 Å². The summed E-state index contributed by atoms with van der Waals surface area (Å²) in [5.74, 6) is 1.08. The lowest BCUT2D eigenvalue weighted by atomic mass is 10.0. The average Bonchev–Trinajstić information content (AvgIpc) is 3.21. The van der Waals surface area contributed by atoms with Crippen molar-refractivity contribution in [2.24, 2.45) is 0 Å². The number of nitrogens with zero attached hydrogens (tertiary/aromatic N) is 3. The van der Waals surface area contributed by atoms with Crippen LogP contribution in [0.3, 0.4) is 0 Å². The van der Waals surface area contributed by atoms with E-state index in [0.29, 0.717) is 6.04 Å². The van der Waals surface area contributed by atoms with Crippen LogP contribution in [0.5, 0.6) is 0 Å². The Bertz CT molecular complexity index is 436. The van der Waals surface area contributed by atoms with Gasteiger partial charge in [0.25, 0.3) is 0 Å². The van der Waals surface area contributed by atoms with E-state index in [9.17, 15) is 0 Å².